The summed E-state index contributed by atoms with van der Waals surface area (Å²) in [5.74, 6) is 0. The molecule has 0 aliphatic carbocycles. The lowest BCUT2D eigenvalue weighted by Gasteiger charge is -2.11. The van der Waals surface area contributed by atoms with Gasteiger partial charge in [-0.15, -0.1) is 0 Å². The van der Waals surface area contributed by atoms with Crippen molar-refractivity contribution in [1.82, 2.24) is 4.98 Å². The Labute approximate surface area is 126 Å². The lowest BCUT2D eigenvalue weighted by atomic mass is 10.1. The molecule has 0 unspecified atom stereocenters. The zero-order chi connectivity index (χ0) is 13.7. The maximum Gasteiger partial charge on any atom is 0.106 e. The van der Waals surface area contributed by atoms with Crippen LogP contribution in [-0.4, -0.2) is 16.5 Å². The summed E-state index contributed by atoms with van der Waals surface area (Å²) in [5.41, 5.74) is 8.78. The first-order valence-electron chi connectivity index (χ1n) is 5.89. The van der Waals surface area contributed by atoms with Gasteiger partial charge in [0.15, 0.2) is 0 Å². The van der Waals surface area contributed by atoms with Crippen LogP contribution < -0.4 is 11.1 Å². The summed E-state index contributed by atoms with van der Waals surface area (Å²) >= 11 is 8.50. The van der Waals surface area contributed by atoms with Crippen molar-refractivity contribution >= 4 is 38.8 Å². The van der Waals surface area contributed by atoms with Crippen molar-refractivity contribution in [3.8, 4) is 0 Å². The predicted molar refractivity (Wildman–Crippen MR) is 86.5 cm³/mol. The number of rotatable bonds is 5. The Bertz CT molecular complexity index is 572. The number of pyridine rings is 1. The summed E-state index contributed by atoms with van der Waals surface area (Å²) in [5, 5.41) is 3.37. The first-order chi connectivity index (χ1) is 9.16. The van der Waals surface area contributed by atoms with E-state index in [1.165, 1.54) is 5.56 Å². The maximum absolute atomic E-state index is 5.72. The van der Waals surface area contributed by atoms with Crippen LogP contribution in [0.25, 0.3) is 0 Å². The molecule has 1 heterocycles. The number of halogens is 1. The van der Waals surface area contributed by atoms with E-state index in [0.29, 0.717) is 4.99 Å². The highest BCUT2D eigenvalue weighted by Gasteiger charge is 2.05. The van der Waals surface area contributed by atoms with Crippen LogP contribution in [0.5, 0.6) is 0 Å². The minimum absolute atomic E-state index is 0.402. The third-order valence-corrected chi connectivity index (χ3v) is 3.44. The van der Waals surface area contributed by atoms with E-state index in [2.05, 4.69) is 26.2 Å². The van der Waals surface area contributed by atoms with Crippen LogP contribution in [0.15, 0.2) is 47.2 Å². The summed E-state index contributed by atoms with van der Waals surface area (Å²) in [7, 11) is 0. The number of nitrogens with two attached hydrogens (primary N) is 1. The number of nitrogens with zero attached hydrogens (tertiary/aromatic N) is 1. The van der Waals surface area contributed by atoms with Crippen molar-refractivity contribution < 1.29 is 0 Å². The second-order valence-corrected chi connectivity index (χ2v) is 5.44. The molecule has 0 spiro atoms. The van der Waals surface area contributed by atoms with Crippen molar-refractivity contribution in [2.45, 2.75) is 6.42 Å². The first-order valence-corrected chi connectivity index (χ1v) is 7.09. The Hall–Kier alpha value is -1.46. The number of thiocarbonyl (C=S) groups is 1. The third-order valence-electron chi connectivity index (χ3n) is 2.73. The number of anilines is 1. The van der Waals surface area contributed by atoms with E-state index in [9.17, 15) is 0 Å². The quantitative estimate of drug-likeness (QED) is 0.824. The molecular formula is C14H14BrN3S. The molecule has 3 N–H and O–H groups in total. The zero-order valence-electron chi connectivity index (χ0n) is 10.3. The van der Waals surface area contributed by atoms with E-state index in [1.54, 1.807) is 12.4 Å². The molecule has 0 bridgehead atoms. The van der Waals surface area contributed by atoms with Crippen LogP contribution in [0.2, 0.25) is 0 Å². The Balaban J connectivity index is 2.03. The third kappa shape index (κ3) is 4.01. The van der Waals surface area contributed by atoms with Crippen molar-refractivity contribution in [2.75, 3.05) is 11.9 Å². The van der Waals surface area contributed by atoms with Crippen molar-refractivity contribution in [2.24, 2.45) is 5.73 Å². The fourth-order valence-electron chi connectivity index (χ4n) is 1.77. The molecular weight excluding hydrogens is 322 g/mol. The molecule has 1 aromatic carbocycles. The Kier molecular flexibility index (Phi) is 4.87. The van der Waals surface area contributed by atoms with Gasteiger partial charge in [0.05, 0.1) is 0 Å². The minimum Gasteiger partial charge on any atom is -0.389 e. The van der Waals surface area contributed by atoms with Gasteiger partial charge in [0.1, 0.15) is 4.99 Å². The molecule has 3 nitrogen and oxygen atoms in total. The van der Waals surface area contributed by atoms with Crippen LogP contribution in [0.4, 0.5) is 5.69 Å². The molecule has 5 heteroatoms. The molecule has 1 aromatic heterocycles. The lowest BCUT2D eigenvalue weighted by Crippen LogP contribution is -2.14. The summed E-state index contributed by atoms with van der Waals surface area (Å²) in [6.45, 7) is 0.816. The molecule has 0 saturated heterocycles. The Morgan fingerprint density at radius 1 is 1.26 bits per heavy atom. The van der Waals surface area contributed by atoms with Gasteiger partial charge in [0.2, 0.25) is 0 Å². The molecule has 0 fully saturated rings. The van der Waals surface area contributed by atoms with Crippen LogP contribution >= 0.6 is 28.1 Å². The van der Waals surface area contributed by atoms with E-state index >= 15 is 0 Å². The van der Waals surface area contributed by atoms with Gasteiger partial charge in [-0.05, 0) is 42.3 Å². The van der Waals surface area contributed by atoms with E-state index < -0.39 is 0 Å². The number of aromatic nitrogens is 1. The van der Waals surface area contributed by atoms with Gasteiger partial charge in [-0.25, -0.2) is 0 Å². The van der Waals surface area contributed by atoms with Gasteiger partial charge in [-0.2, -0.15) is 0 Å². The van der Waals surface area contributed by atoms with Crippen molar-refractivity contribution in [3.05, 3.63) is 58.3 Å². The van der Waals surface area contributed by atoms with Gasteiger partial charge in [0, 0.05) is 34.7 Å². The average molecular weight is 336 g/mol. The molecule has 0 amide bonds. The molecule has 0 saturated carbocycles. The topological polar surface area (TPSA) is 50.9 Å². The highest BCUT2D eigenvalue weighted by atomic mass is 79.9. The maximum atomic E-state index is 5.72. The largest absolute Gasteiger partial charge is 0.389 e. The number of nitrogens with one attached hydrogen (secondary N) is 1. The monoisotopic (exact) mass is 335 g/mol. The van der Waals surface area contributed by atoms with E-state index in [4.69, 9.17) is 18.0 Å². The zero-order valence-corrected chi connectivity index (χ0v) is 12.7. The lowest BCUT2D eigenvalue weighted by molar-refractivity contribution is 1.01. The molecule has 19 heavy (non-hydrogen) atoms. The van der Waals surface area contributed by atoms with Crippen molar-refractivity contribution in [3.63, 3.8) is 0 Å². The van der Waals surface area contributed by atoms with Gasteiger partial charge >= 0.3 is 0 Å². The standard InChI is InChI=1S/C14H14BrN3S/c15-11-1-2-12(14(16)19)13(9-11)18-8-5-10-3-6-17-7-4-10/h1-4,6-7,9,18H,5,8H2,(H2,16,19). The number of benzene rings is 1. The van der Waals surface area contributed by atoms with Crippen LogP contribution in [0.3, 0.4) is 0 Å². The molecule has 2 rings (SSSR count). The van der Waals surface area contributed by atoms with Crippen LogP contribution in [0.1, 0.15) is 11.1 Å². The van der Waals surface area contributed by atoms with Gasteiger partial charge < -0.3 is 11.1 Å². The second-order valence-electron chi connectivity index (χ2n) is 4.09. The Morgan fingerprint density at radius 3 is 2.68 bits per heavy atom. The minimum atomic E-state index is 0.402. The molecule has 0 radical (unpaired) electrons. The molecule has 0 aliphatic rings. The number of hydrogen-bond donors (Lipinski definition) is 2. The smallest absolute Gasteiger partial charge is 0.106 e. The first kappa shape index (κ1) is 14.0. The summed E-state index contributed by atoms with van der Waals surface area (Å²) in [6.07, 6.45) is 4.52. The fraction of sp³-hybridized carbons (Fsp3) is 0.143. The summed E-state index contributed by atoms with van der Waals surface area (Å²) in [6, 6.07) is 9.86. The van der Waals surface area contributed by atoms with Crippen LogP contribution in [0, 0.1) is 0 Å². The number of hydrogen-bond acceptors (Lipinski definition) is 3. The predicted octanol–water partition coefficient (Wildman–Crippen LogP) is 3.13. The molecule has 98 valence electrons. The average Bonchev–Trinajstić information content (AvgIpc) is 2.39. The Morgan fingerprint density at radius 2 is 2.00 bits per heavy atom. The van der Waals surface area contributed by atoms with E-state index in [1.807, 2.05) is 30.3 Å². The highest BCUT2D eigenvalue weighted by molar-refractivity contribution is 9.10. The van der Waals surface area contributed by atoms with Crippen molar-refractivity contribution in [1.29, 1.82) is 0 Å². The normalized spacial score (nSPS) is 10.2. The second kappa shape index (κ2) is 6.63. The van der Waals surface area contributed by atoms with Gasteiger partial charge in [0.25, 0.3) is 0 Å². The fourth-order valence-corrected chi connectivity index (χ4v) is 2.31. The SMILES string of the molecule is NC(=S)c1ccc(Br)cc1NCCc1ccncc1. The highest BCUT2D eigenvalue weighted by Crippen LogP contribution is 2.21. The van der Waals surface area contributed by atoms with Gasteiger partial charge in [-0.1, -0.05) is 28.1 Å². The van der Waals surface area contributed by atoms with Gasteiger partial charge in [-0.3, -0.25) is 4.98 Å². The summed E-state index contributed by atoms with van der Waals surface area (Å²) < 4.78 is 0.999. The molecule has 0 aliphatic heterocycles. The molecule has 0 atom stereocenters. The van der Waals surface area contributed by atoms with E-state index in [-0.39, 0.29) is 0 Å². The van der Waals surface area contributed by atoms with Crippen LogP contribution in [-0.2, 0) is 6.42 Å². The summed E-state index contributed by atoms with van der Waals surface area (Å²) in [4.78, 5) is 4.40. The molecule has 2 aromatic rings. The van der Waals surface area contributed by atoms with E-state index in [0.717, 1.165) is 28.7 Å².